The number of allylic oxidation sites excluding steroid dienone is 1. The normalized spacial score (nSPS) is 12.7. The molecule has 0 aromatic rings. The first-order valence-corrected chi connectivity index (χ1v) is 6.57. The summed E-state index contributed by atoms with van der Waals surface area (Å²) in [5.41, 5.74) is 1.45. The van der Waals surface area contributed by atoms with Crippen molar-refractivity contribution in [2.75, 3.05) is 6.61 Å². The first-order chi connectivity index (χ1) is 8.15. The molecule has 0 unspecified atom stereocenters. The Morgan fingerprint density at radius 2 is 1.94 bits per heavy atom. The summed E-state index contributed by atoms with van der Waals surface area (Å²) in [6.45, 7) is 8.39. The van der Waals surface area contributed by atoms with Gasteiger partial charge in [0.1, 0.15) is 5.70 Å². The van der Waals surface area contributed by atoms with Gasteiger partial charge < -0.3 is 4.74 Å². The van der Waals surface area contributed by atoms with Crippen LogP contribution in [0.25, 0.3) is 0 Å². The minimum atomic E-state index is -0.306. The number of carbonyl (C=O) groups excluding carboxylic acids is 1. The standard InChI is InChI=1S/C14H25NO2/c1-5-8-9-11-13(14(16)17-7-3)15-12(4)10-6-2/h11H,5-10H2,1-4H3/b13-11-,15-12?. The summed E-state index contributed by atoms with van der Waals surface area (Å²) < 4.78 is 5.00. The van der Waals surface area contributed by atoms with E-state index < -0.39 is 0 Å². The van der Waals surface area contributed by atoms with E-state index in [-0.39, 0.29) is 5.97 Å². The number of carbonyl (C=O) groups is 1. The molecule has 0 aromatic heterocycles. The highest BCUT2D eigenvalue weighted by atomic mass is 16.5. The van der Waals surface area contributed by atoms with Gasteiger partial charge in [-0.15, -0.1) is 0 Å². The second-order valence-electron chi connectivity index (χ2n) is 4.05. The Kier molecular flexibility index (Phi) is 9.40. The number of hydrogen-bond acceptors (Lipinski definition) is 3. The molecule has 0 spiro atoms. The summed E-state index contributed by atoms with van der Waals surface area (Å²) in [6.07, 6.45) is 6.93. The van der Waals surface area contributed by atoms with Crippen LogP contribution in [-0.4, -0.2) is 18.3 Å². The molecule has 0 aliphatic rings. The topological polar surface area (TPSA) is 38.7 Å². The minimum Gasteiger partial charge on any atom is -0.461 e. The predicted octanol–water partition coefficient (Wildman–Crippen LogP) is 3.88. The number of nitrogens with zero attached hydrogens (tertiary/aromatic N) is 1. The summed E-state index contributed by atoms with van der Waals surface area (Å²) in [5.74, 6) is -0.306. The van der Waals surface area contributed by atoms with Crippen molar-refractivity contribution in [3.63, 3.8) is 0 Å². The van der Waals surface area contributed by atoms with Crippen LogP contribution in [0.15, 0.2) is 16.8 Å². The predicted molar refractivity (Wildman–Crippen MR) is 72.3 cm³/mol. The van der Waals surface area contributed by atoms with Crippen LogP contribution in [0.1, 0.15) is 59.8 Å². The highest BCUT2D eigenvalue weighted by molar-refractivity contribution is 5.93. The fourth-order valence-corrected chi connectivity index (χ4v) is 1.45. The van der Waals surface area contributed by atoms with Crippen molar-refractivity contribution >= 4 is 11.7 Å². The second-order valence-corrected chi connectivity index (χ2v) is 4.05. The molecule has 0 rings (SSSR count). The number of hydrogen-bond donors (Lipinski definition) is 0. The smallest absolute Gasteiger partial charge is 0.356 e. The van der Waals surface area contributed by atoms with Gasteiger partial charge in [-0.3, -0.25) is 4.99 Å². The van der Waals surface area contributed by atoms with Crippen LogP contribution < -0.4 is 0 Å². The Bertz CT molecular complexity index is 280. The van der Waals surface area contributed by atoms with E-state index in [1.165, 1.54) is 0 Å². The molecule has 0 aliphatic carbocycles. The number of ether oxygens (including phenoxy) is 1. The highest BCUT2D eigenvalue weighted by Gasteiger charge is 2.09. The van der Waals surface area contributed by atoms with Crippen LogP contribution in [0.2, 0.25) is 0 Å². The lowest BCUT2D eigenvalue weighted by Crippen LogP contribution is -2.08. The van der Waals surface area contributed by atoms with E-state index >= 15 is 0 Å². The van der Waals surface area contributed by atoms with Gasteiger partial charge in [0.2, 0.25) is 0 Å². The molecule has 0 N–H and O–H groups in total. The van der Waals surface area contributed by atoms with Gasteiger partial charge in [-0.05, 0) is 33.1 Å². The van der Waals surface area contributed by atoms with Crippen LogP contribution >= 0.6 is 0 Å². The lowest BCUT2D eigenvalue weighted by Gasteiger charge is -2.04. The van der Waals surface area contributed by atoms with Crippen LogP contribution in [0.4, 0.5) is 0 Å². The molecule has 0 fully saturated rings. The Labute approximate surface area is 105 Å². The average molecular weight is 239 g/mol. The molecule has 98 valence electrons. The van der Waals surface area contributed by atoms with Crippen molar-refractivity contribution in [1.29, 1.82) is 0 Å². The van der Waals surface area contributed by atoms with Crippen molar-refractivity contribution in [3.8, 4) is 0 Å². The molecule has 0 atom stereocenters. The SMILES string of the molecule is CCCC/C=C(\N=C(C)CCC)C(=O)OCC. The third-order valence-corrected chi connectivity index (χ3v) is 2.30. The van der Waals surface area contributed by atoms with Gasteiger partial charge in [-0.1, -0.05) is 32.8 Å². The Hall–Kier alpha value is -1.12. The first-order valence-electron chi connectivity index (χ1n) is 6.57. The van der Waals surface area contributed by atoms with Gasteiger partial charge in [0.15, 0.2) is 0 Å². The fourth-order valence-electron chi connectivity index (χ4n) is 1.45. The molecule has 3 nitrogen and oxygen atoms in total. The average Bonchev–Trinajstić information content (AvgIpc) is 2.28. The molecule has 0 aliphatic heterocycles. The monoisotopic (exact) mass is 239 g/mol. The summed E-state index contributed by atoms with van der Waals surface area (Å²) in [6, 6.07) is 0. The van der Waals surface area contributed by atoms with E-state index in [2.05, 4.69) is 18.8 Å². The largest absolute Gasteiger partial charge is 0.461 e. The molecule has 0 amide bonds. The zero-order valence-corrected chi connectivity index (χ0v) is 11.6. The number of esters is 1. The van der Waals surface area contributed by atoms with Gasteiger partial charge in [0, 0.05) is 5.71 Å². The zero-order valence-electron chi connectivity index (χ0n) is 11.6. The molecule has 0 heterocycles. The maximum absolute atomic E-state index is 11.7. The molecule has 17 heavy (non-hydrogen) atoms. The highest BCUT2D eigenvalue weighted by Crippen LogP contribution is 2.07. The summed E-state index contributed by atoms with van der Waals surface area (Å²) in [7, 11) is 0. The van der Waals surface area contributed by atoms with Gasteiger partial charge in [0.25, 0.3) is 0 Å². The van der Waals surface area contributed by atoms with Gasteiger partial charge in [0.05, 0.1) is 6.61 Å². The van der Waals surface area contributed by atoms with E-state index in [1.54, 1.807) is 0 Å². The molecule has 3 heteroatoms. The number of rotatable bonds is 8. The molecule has 0 radical (unpaired) electrons. The van der Waals surface area contributed by atoms with Crippen molar-refractivity contribution in [3.05, 3.63) is 11.8 Å². The van der Waals surface area contributed by atoms with Gasteiger partial charge in [-0.25, -0.2) is 4.79 Å². The third-order valence-electron chi connectivity index (χ3n) is 2.30. The zero-order chi connectivity index (χ0) is 13.1. The van der Waals surface area contributed by atoms with E-state index in [9.17, 15) is 4.79 Å². The summed E-state index contributed by atoms with van der Waals surface area (Å²) in [4.78, 5) is 16.0. The first kappa shape index (κ1) is 15.9. The van der Waals surface area contributed by atoms with Gasteiger partial charge in [-0.2, -0.15) is 0 Å². The molecule has 0 saturated carbocycles. The maximum Gasteiger partial charge on any atom is 0.356 e. The van der Waals surface area contributed by atoms with E-state index in [0.717, 1.165) is 37.8 Å². The lowest BCUT2D eigenvalue weighted by molar-refractivity contribution is -0.138. The van der Waals surface area contributed by atoms with Crippen LogP contribution in [0.3, 0.4) is 0 Å². The molecular formula is C14H25NO2. The Balaban J connectivity index is 4.66. The van der Waals surface area contributed by atoms with Crippen LogP contribution in [-0.2, 0) is 9.53 Å². The molecule has 0 saturated heterocycles. The van der Waals surface area contributed by atoms with Crippen LogP contribution in [0.5, 0.6) is 0 Å². The van der Waals surface area contributed by atoms with E-state index in [4.69, 9.17) is 4.74 Å². The summed E-state index contributed by atoms with van der Waals surface area (Å²) >= 11 is 0. The lowest BCUT2D eigenvalue weighted by atomic mass is 10.2. The van der Waals surface area contributed by atoms with Crippen molar-refractivity contribution < 1.29 is 9.53 Å². The van der Waals surface area contributed by atoms with Gasteiger partial charge >= 0.3 is 5.97 Å². The van der Waals surface area contributed by atoms with Crippen molar-refractivity contribution in [2.45, 2.75) is 59.8 Å². The number of aliphatic imine (C=N–C) groups is 1. The van der Waals surface area contributed by atoms with Crippen LogP contribution in [0, 0.1) is 0 Å². The maximum atomic E-state index is 11.7. The summed E-state index contributed by atoms with van der Waals surface area (Å²) in [5, 5.41) is 0. The van der Waals surface area contributed by atoms with Crippen molar-refractivity contribution in [1.82, 2.24) is 0 Å². The van der Waals surface area contributed by atoms with E-state index in [1.807, 2.05) is 19.9 Å². The Morgan fingerprint density at radius 1 is 1.24 bits per heavy atom. The molecule has 0 bridgehead atoms. The molecule has 0 aromatic carbocycles. The number of unbranched alkanes of at least 4 members (excludes halogenated alkanes) is 2. The quantitative estimate of drug-likeness (QED) is 0.279. The van der Waals surface area contributed by atoms with E-state index in [0.29, 0.717) is 12.3 Å². The third kappa shape index (κ3) is 7.72. The molecular weight excluding hydrogens is 214 g/mol. The minimum absolute atomic E-state index is 0.306. The Morgan fingerprint density at radius 3 is 2.47 bits per heavy atom. The van der Waals surface area contributed by atoms with Crippen molar-refractivity contribution in [2.24, 2.45) is 4.99 Å². The fraction of sp³-hybridized carbons (Fsp3) is 0.714. The second kappa shape index (κ2) is 10.1.